The Hall–Kier alpha value is -1.29. The van der Waals surface area contributed by atoms with Crippen molar-refractivity contribution < 1.29 is 52.5 Å². The number of carbonyl (C=O) groups is 1. The molecule has 2 N–H and O–H groups in total. The molecule has 0 saturated carbocycles. The van der Waals surface area contributed by atoms with Gasteiger partial charge in [-0.1, -0.05) is 33.9 Å². The molecule has 10 heterocycles. The van der Waals surface area contributed by atoms with Gasteiger partial charge in [0.1, 0.15) is 36.3 Å². The van der Waals surface area contributed by atoms with E-state index in [1.807, 2.05) is 0 Å². The summed E-state index contributed by atoms with van der Waals surface area (Å²) in [6.07, 6.45) is 5.22. The predicted octanol–water partition coefficient (Wildman–Crippen LogP) is 4.48. The maximum atomic E-state index is 14.2. The molecule has 10 aliphatic heterocycles. The van der Waals surface area contributed by atoms with E-state index in [1.165, 1.54) is 0 Å². The second-order valence-electron chi connectivity index (χ2n) is 18.8. The zero-order chi connectivity index (χ0) is 38.2. The normalized spacial score (nSPS) is 50.3. The number of nitrogens with one attached hydrogen (secondary N) is 1. The van der Waals surface area contributed by atoms with E-state index in [9.17, 15) is 9.90 Å². The summed E-state index contributed by atoms with van der Waals surface area (Å²) in [7, 11) is 1.69. The molecular weight excluding hydrogens is 706 g/mol. The second kappa shape index (κ2) is 15.7. The fourth-order valence-electron chi connectivity index (χ4n) is 11.6. The number of ketones is 1. The van der Waals surface area contributed by atoms with Gasteiger partial charge in [-0.3, -0.25) is 4.79 Å². The molecule has 12 bridgehead atoms. The number of ether oxygens (including phenoxy) is 9. The first-order valence-electron chi connectivity index (χ1n) is 21.6. The number of hydrogen-bond acceptors (Lipinski definition) is 12. The average Bonchev–Trinajstić information content (AvgIpc) is 3.82. The molecule has 12 heteroatoms. The zero-order valence-corrected chi connectivity index (χ0v) is 33.3. The lowest BCUT2D eigenvalue weighted by Crippen LogP contribution is -2.61. The quantitative estimate of drug-likeness (QED) is 0.370. The van der Waals surface area contributed by atoms with Crippen LogP contribution in [0.25, 0.3) is 0 Å². The van der Waals surface area contributed by atoms with E-state index in [0.717, 1.165) is 56.1 Å². The molecule has 0 aliphatic carbocycles. The van der Waals surface area contributed by atoms with Crippen molar-refractivity contribution in [3.05, 3.63) is 24.3 Å². The van der Waals surface area contributed by atoms with Crippen molar-refractivity contribution in [2.75, 3.05) is 13.7 Å². The third-order valence-corrected chi connectivity index (χ3v) is 14.5. The van der Waals surface area contributed by atoms with Gasteiger partial charge in [-0.15, -0.1) is 0 Å². The van der Waals surface area contributed by atoms with Crippen LogP contribution in [0.4, 0.5) is 0 Å². The maximum absolute atomic E-state index is 14.2. The Labute approximate surface area is 326 Å². The molecule has 55 heavy (non-hydrogen) atoms. The Morgan fingerprint density at radius 1 is 0.800 bits per heavy atom. The fourth-order valence-corrected chi connectivity index (χ4v) is 11.6. The molecule has 10 aliphatic rings. The first kappa shape index (κ1) is 39.2. The van der Waals surface area contributed by atoms with Gasteiger partial charge in [-0.25, -0.2) is 0 Å². The minimum absolute atomic E-state index is 0.0133. The van der Waals surface area contributed by atoms with Crippen molar-refractivity contribution in [3.8, 4) is 0 Å². The number of methoxy groups -OCH3 is 1. The molecule has 10 rings (SSSR count). The lowest BCUT2D eigenvalue weighted by Gasteiger charge is -2.47. The number of carbonyl (C=O) groups excluding carboxylic acids is 1. The predicted molar refractivity (Wildman–Crippen MR) is 200 cm³/mol. The number of rotatable bonds is 6. The number of fused-ring (bicyclic) bond motifs is 6. The van der Waals surface area contributed by atoms with Crippen molar-refractivity contribution >= 4 is 5.78 Å². The molecule has 2 unspecified atom stereocenters. The van der Waals surface area contributed by atoms with E-state index >= 15 is 0 Å². The van der Waals surface area contributed by atoms with Crippen LogP contribution in [0, 0.1) is 11.8 Å². The fraction of sp³-hybridized carbons (Fsp3) is 0.884. The average molecular weight is 772 g/mol. The van der Waals surface area contributed by atoms with Gasteiger partial charge in [-0.2, -0.15) is 0 Å². The van der Waals surface area contributed by atoms with Gasteiger partial charge in [0.05, 0.1) is 67.1 Å². The van der Waals surface area contributed by atoms with Gasteiger partial charge >= 0.3 is 0 Å². The summed E-state index contributed by atoms with van der Waals surface area (Å²) in [4.78, 5) is 14.2. The molecule has 1 spiro atoms. The zero-order valence-electron chi connectivity index (χ0n) is 33.3. The minimum atomic E-state index is -0.779. The maximum Gasteiger partial charge on any atom is 0.172 e. The van der Waals surface area contributed by atoms with Crippen LogP contribution in [-0.4, -0.2) is 134 Å². The summed E-state index contributed by atoms with van der Waals surface area (Å²) in [6, 6.07) is 0.252. The first-order valence-corrected chi connectivity index (χ1v) is 21.6. The van der Waals surface area contributed by atoms with E-state index in [1.54, 1.807) is 7.11 Å². The number of aliphatic hydroxyl groups excluding tert-OH is 1. The van der Waals surface area contributed by atoms with Crippen LogP contribution in [0.3, 0.4) is 0 Å². The first-order chi connectivity index (χ1) is 26.5. The highest BCUT2D eigenvalue weighted by molar-refractivity contribution is 5.79. The Bertz CT molecular complexity index is 1440. The van der Waals surface area contributed by atoms with Gasteiger partial charge < -0.3 is 53.1 Å². The molecule has 10 fully saturated rings. The summed E-state index contributed by atoms with van der Waals surface area (Å²) >= 11 is 0. The minimum Gasteiger partial charge on any atom is -0.392 e. The van der Waals surface area contributed by atoms with Crippen molar-refractivity contribution in [2.24, 2.45) is 11.8 Å². The van der Waals surface area contributed by atoms with Crippen LogP contribution in [-0.2, 0) is 47.4 Å². The van der Waals surface area contributed by atoms with Crippen molar-refractivity contribution in [3.63, 3.8) is 0 Å². The van der Waals surface area contributed by atoms with Crippen LogP contribution in [0.15, 0.2) is 24.3 Å². The van der Waals surface area contributed by atoms with E-state index in [0.29, 0.717) is 45.1 Å². The number of hydrogen-bond donors (Lipinski definition) is 2. The Balaban J connectivity index is 0.979. The molecule has 10 saturated heterocycles. The molecule has 0 radical (unpaired) electrons. The van der Waals surface area contributed by atoms with Crippen LogP contribution in [0.1, 0.15) is 104 Å². The smallest absolute Gasteiger partial charge is 0.172 e. The number of Topliss-reactive ketones (excluding diaryl/α,β-unsaturated/α-hetero) is 1. The molecule has 0 aromatic carbocycles. The van der Waals surface area contributed by atoms with E-state index in [2.05, 4.69) is 39.2 Å². The standard InChI is InChI=1S/C43H65NO11/c1-21(2)44-20-26(46)17-35-37(47-6)30-16-25(45)15-28-8-10-32-38(50-28)42-41-40(52-32)39-36(53-41)19-43(54-39,55-42)12-11-29-14-23(4)31(48-29)9-7-27-13-22(3)24(5)33(49-27)18-34(30)51-35/h21-22,26-42,44,46H,4-5,7-20H2,1-3,6H3/t22-,26+,27+,28-,29+,30+,31+,32+,33-,34+,35-,36-,37-,38?,39+,40?,41-,42+,43+/m1/s1. The Morgan fingerprint density at radius 2 is 1.55 bits per heavy atom. The summed E-state index contributed by atoms with van der Waals surface area (Å²) in [5.41, 5.74) is 2.22. The highest BCUT2D eigenvalue weighted by Gasteiger charge is 2.68. The highest BCUT2D eigenvalue weighted by Crippen LogP contribution is 2.54. The van der Waals surface area contributed by atoms with Gasteiger partial charge in [0.15, 0.2) is 5.79 Å². The van der Waals surface area contributed by atoms with Gasteiger partial charge in [0.25, 0.3) is 0 Å². The van der Waals surface area contributed by atoms with Gasteiger partial charge in [0.2, 0.25) is 0 Å². The molecule has 0 aromatic heterocycles. The summed E-state index contributed by atoms with van der Waals surface area (Å²) < 4.78 is 60.5. The Morgan fingerprint density at radius 3 is 2.36 bits per heavy atom. The van der Waals surface area contributed by atoms with Crippen LogP contribution in [0.2, 0.25) is 0 Å². The summed E-state index contributed by atoms with van der Waals surface area (Å²) in [6.45, 7) is 15.8. The topological polar surface area (TPSA) is 132 Å². The van der Waals surface area contributed by atoms with Gasteiger partial charge in [0, 0.05) is 64.1 Å². The van der Waals surface area contributed by atoms with E-state index in [-0.39, 0.29) is 115 Å². The van der Waals surface area contributed by atoms with Crippen molar-refractivity contribution in [2.45, 2.75) is 214 Å². The highest BCUT2D eigenvalue weighted by atomic mass is 16.8. The molecular formula is C43H65NO11. The van der Waals surface area contributed by atoms with Crippen LogP contribution < -0.4 is 5.32 Å². The summed E-state index contributed by atoms with van der Waals surface area (Å²) in [5, 5.41) is 14.4. The van der Waals surface area contributed by atoms with Crippen molar-refractivity contribution in [1.82, 2.24) is 5.32 Å². The molecule has 308 valence electrons. The van der Waals surface area contributed by atoms with Gasteiger partial charge in [-0.05, 0) is 62.0 Å². The molecule has 19 atom stereocenters. The second-order valence-corrected chi connectivity index (χ2v) is 18.8. The molecule has 0 aromatic rings. The largest absolute Gasteiger partial charge is 0.392 e. The van der Waals surface area contributed by atoms with E-state index in [4.69, 9.17) is 42.6 Å². The third kappa shape index (κ3) is 7.70. The SMILES string of the molecule is C=C1C[C@@H]2CC[C@@]34C[C@H]5O[C@@H]6C(O[C@H]7CC[C@H](CC(=O)C[C@@H]8[C@@H](OC)[C@@H](C[C@H](O)CNC(C)C)O[C@H]8C[C@H]8O[C@@H](CC[C@@H]1O2)C[C@@H](C)C8=C)OC7[C@@H]6O3)[C@H]5O4. The lowest BCUT2D eigenvalue weighted by molar-refractivity contribution is -0.292. The number of aliphatic hydroxyl groups is 1. The molecule has 12 nitrogen and oxygen atoms in total. The summed E-state index contributed by atoms with van der Waals surface area (Å²) in [5.74, 6) is -0.583. The van der Waals surface area contributed by atoms with Crippen LogP contribution in [0.5, 0.6) is 0 Å². The van der Waals surface area contributed by atoms with E-state index < -0.39 is 11.9 Å². The molecule has 0 amide bonds. The van der Waals surface area contributed by atoms with Crippen molar-refractivity contribution in [1.29, 1.82) is 0 Å². The monoisotopic (exact) mass is 771 g/mol. The van der Waals surface area contributed by atoms with Crippen LogP contribution >= 0.6 is 0 Å². The Kier molecular flexibility index (Phi) is 11.2. The third-order valence-electron chi connectivity index (χ3n) is 14.5. The lowest BCUT2D eigenvalue weighted by atomic mass is 9.81.